The molecule has 0 atom stereocenters. The van der Waals surface area contributed by atoms with E-state index >= 15 is 0 Å². The highest BCUT2D eigenvalue weighted by Gasteiger charge is 2.33. The van der Waals surface area contributed by atoms with Crippen LogP contribution in [-0.4, -0.2) is 9.97 Å². The number of nitrogens with two attached hydrogens (primary N) is 1. The summed E-state index contributed by atoms with van der Waals surface area (Å²) in [5.74, 6) is 0.259. The third kappa shape index (κ3) is 2.95. The van der Waals surface area contributed by atoms with Crippen molar-refractivity contribution in [3.05, 3.63) is 41.6 Å². The van der Waals surface area contributed by atoms with Crippen LogP contribution in [0.3, 0.4) is 0 Å². The van der Waals surface area contributed by atoms with Gasteiger partial charge in [0.25, 0.3) is 0 Å². The summed E-state index contributed by atoms with van der Waals surface area (Å²) in [4.78, 5) is 7.48. The molecular formula is C12H8F3N5. The summed E-state index contributed by atoms with van der Waals surface area (Å²) in [6.07, 6.45) is -3.23. The van der Waals surface area contributed by atoms with E-state index in [1.165, 1.54) is 24.4 Å². The van der Waals surface area contributed by atoms with Crippen LogP contribution in [0.2, 0.25) is 0 Å². The molecule has 0 fully saturated rings. The lowest BCUT2D eigenvalue weighted by Gasteiger charge is -2.11. The predicted octanol–water partition coefficient (Wildman–Crippen LogP) is 2.69. The van der Waals surface area contributed by atoms with Gasteiger partial charge in [-0.25, -0.2) is 4.98 Å². The van der Waals surface area contributed by atoms with E-state index in [1.54, 1.807) is 0 Å². The molecular weight excluding hydrogens is 271 g/mol. The second-order valence-electron chi connectivity index (χ2n) is 3.80. The summed E-state index contributed by atoms with van der Waals surface area (Å²) >= 11 is 0. The van der Waals surface area contributed by atoms with Crippen molar-refractivity contribution in [1.82, 2.24) is 9.97 Å². The average Bonchev–Trinajstić information content (AvgIpc) is 2.37. The van der Waals surface area contributed by atoms with E-state index in [1.807, 2.05) is 0 Å². The van der Waals surface area contributed by atoms with Crippen molar-refractivity contribution in [2.45, 2.75) is 6.18 Å². The van der Waals surface area contributed by atoms with Crippen molar-refractivity contribution in [2.24, 2.45) is 0 Å². The number of nitrogens with one attached hydrogen (secondary N) is 1. The summed E-state index contributed by atoms with van der Waals surface area (Å²) in [5.41, 5.74) is 4.07. The minimum atomic E-state index is -4.60. The maximum absolute atomic E-state index is 12.8. The zero-order valence-electron chi connectivity index (χ0n) is 9.94. The van der Waals surface area contributed by atoms with E-state index in [2.05, 4.69) is 15.3 Å². The number of nitrogens with zero attached hydrogens (tertiary/aromatic N) is 3. The Morgan fingerprint density at radius 3 is 2.60 bits per heavy atom. The van der Waals surface area contributed by atoms with Crippen molar-refractivity contribution < 1.29 is 13.2 Å². The van der Waals surface area contributed by atoms with Crippen LogP contribution in [-0.2, 0) is 6.18 Å². The first kappa shape index (κ1) is 13.6. The van der Waals surface area contributed by atoms with Crippen molar-refractivity contribution in [3.63, 3.8) is 0 Å². The normalized spacial score (nSPS) is 10.9. The highest BCUT2D eigenvalue weighted by Crippen LogP contribution is 2.34. The van der Waals surface area contributed by atoms with E-state index in [9.17, 15) is 13.2 Å². The lowest BCUT2D eigenvalue weighted by molar-refractivity contribution is -0.137. The fourth-order valence-corrected chi connectivity index (χ4v) is 1.55. The Labute approximate surface area is 111 Å². The number of rotatable bonds is 2. The molecule has 0 aliphatic carbocycles. The van der Waals surface area contributed by atoms with E-state index in [0.29, 0.717) is 0 Å². The maximum atomic E-state index is 12.8. The molecule has 0 aliphatic heterocycles. The molecule has 2 rings (SSSR count). The quantitative estimate of drug-likeness (QED) is 0.882. The maximum Gasteiger partial charge on any atom is 0.417 e. The first-order valence-electron chi connectivity index (χ1n) is 5.37. The van der Waals surface area contributed by atoms with Crippen LogP contribution >= 0.6 is 0 Å². The predicted molar refractivity (Wildman–Crippen MR) is 65.9 cm³/mol. The summed E-state index contributed by atoms with van der Waals surface area (Å²) < 4.78 is 38.4. The van der Waals surface area contributed by atoms with Crippen LogP contribution < -0.4 is 11.1 Å². The molecule has 20 heavy (non-hydrogen) atoms. The Morgan fingerprint density at radius 2 is 2.00 bits per heavy atom. The number of hydrogen-bond acceptors (Lipinski definition) is 5. The molecule has 0 radical (unpaired) electrons. The smallest absolute Gasteiger partial charge is 0.368 e. The van der Waals surface area contributed by atoms with Crippen LogP contribution in [0.5, 0.6) is 0 Å². The Morgan fingerprint density at radius 1 is 1.25 bits per heavy atom. The first-order valence-corrected chi connectivity index (χ1v) is 5.37. The number of hydrogen-bond donors (Lipinski definition) is 2. The standard InChI is InChI=1S/C12H8F3N5/c13-12(14,15)9-5-8(2-1-7(9)6-16)19-10-3-4-18-11(17)20-10/h1-5H,(H3,17,18,19,20). The fraction of sp³-hybridized carbons (Fsp3) is 0.0833. The van der Waals surface area contributed by atoms with Gasteiger partial charge in [-0.15, -0.1) is 0 Å². The SMILES string of the molecule is N#Cc1ccc(Nc2ccnc(N)n2)cc1C(F)(F)F. The van der Waals surface area contributed by atoms with Crippen LogP contribution in [0.25, 0.3) is 0 Å². The molecule has 0 unspecified atom stereocenters. The second kappa shape index (κ2) is 5.05. The molecule has 2 aromatic rings. The molecule has 1 aromatic carbocycles. The molecule has 0 aliphatic rings. The molecule has 0 spiro atoms. The number of anilines is 3. The molecule has 1 aromatic heterocycles. The summed E-state index contributed by atoms with van der Waals surface area (Å²) in [7, 11) is 0. The zero-order valence-corrected chi connectivity index (χ0v) is 9.94. The number of nitriles is 1. The zero-order chi connectivity index (χ0) is 14.8. The van der Waals surface area contributed by atoms with Gasteiger partial charge in [-0.2, -0.15) is 23.4 Å². The largest absolute Gasteiger partial charge is 0.417 e. The van der Waals surface area contributed by atoms with E-state index in [4.69, 9.17) is 11.0 Å². The number of nitrogen functional groups attached to an aromatic ring is 1. The molecule has 0 saturated carbocycles. The molecule has 0 amide bonds. The molecule has 0 saturated heterocycles. The van der Waals surface area contributed by atoms with Gasteiger partial charge in [-0.3, -0.25) is 0 Å². The van der Waals surface area contributed by atoms with Gasteiger partial charge in [0, 0.05) is 11.9 Å². The summed E-state index contributed by atoms with van der Waals surface area (Å²) in [5, 5.41) is 11.4. The minimum Gasteiger partial charge on any atom is -0.368 e. The molecule has 0 bridgehead atoms. The highest BCUT2D eigenvalue weighted by atomic mass is 19.4. The monoisotopic (exact) mass is 279 g/mol. The molecule has 102 valence electrons. The van der Waals surface area contributed by atoms with Gasteiger partial charge >= 0.3 is 6.18 Å². The number of benzene rings is 1. The van der Waals surface area contributed by atoms with Crippen molar-refractivity contribution in [1.29, 1.82) is 5.26 Å². The number of aromatic nitrogens is 2. The van der Waals surface area contributed by atoms with Crippen LogP contribution in [0, 0.1) is 11.3 Å². The highest BCUT2D eigenvalue weighted by molar-refractivity contribution is 5.60. The lowest BCUT2D eigenvalue weighted by Crippen LogP contribution is -2.08. The lowest BCUT2D eigenvalue weighted by atomic mass is 10.1. The molecule has 1 heterocycles. The average molecular weight is 279 g/mol. The minimum absolute atomic E-state index is 0.000287. The van der Waals surface area contributed by atoms with Gasteiger partial charge in [-0.05, 0) is 24.3 Å². The topological polar surface area (TPSA) is 87.6 Å². The Bertz CT molecular complexity index is 676. The van der Waals surface area contributed by atoms with E-state index in [0.717, 1.165) is 12.1 Å². The van der Waals surface area contributed by atoms with Gasteiger partial charge < -0.3 is 11.1 Å². The van der Waals surface area contributed by atoms with Crippen molar-refractivity contribution >= 4 is 17.5 Å². The number of halogens is 3. The van der Waals surface area contributed by atoms with Crippen molar-refractivity contribution in [2.75, 3.05) is 11.1 Å². The van der Waals surface area contributed by atoms with Crippen LogP contribution in [0.1, 0.15) is 11.1 Å². The third-order valence-electron chi connectivity index (χ3n) is 2.39. The second-order valence-corrected chi connectivity index (χ2v) is 3.80. The fourth-order valence-electron chi connectivity index (χ4n) is 1.55. The van der Waals surface area contributed by atoms with Crippen LogP contribution in [0.4, 0.5) is 30.6 Å². The van der Waals surface area contributed by atoms with Gasteiger partial charge in [-0.1, -0.05) is 0 Å². The third-order valence-corrected chi connectivity index (χ3v) is 2.39. The Hall–Kier alpha value is -2.82. The van der Waals surface area contributed by atoms with Crippen molar-refractivity contribution in [3.8, 4) is 6.07 Å². The van der Waals surface area contributed by atoms with Gasteiger partial charge in [0.05, 0.1) is 17.2 Å². The van der Waals surface area contributed by atoms with E-state index < -0.39 is 17.3 Å². The summed E-state index contributed by atoms with van der Waals surface area (Å²) in [6.45, 7) is 0. The summed E-state index contributed by atoms with van der Waals surface area (Å²) in [6, 6.07) is 6.26. The molecule has 5 nitrogen and oxygen atoms in total. The molecule has 8 heteroatoms. The Kier molecular flexibility index (Phi) is 3.43. The molecule has 3 N–H and O–H groups in total. The van der Waals surface area contributed by atoms with E-state index in [-0.39, 0.29) is 17.5 Å². The Balaban J connectivity index is 2.37. The van der Waals surface area contributed by atoms with Crippen LogP contribution in [0.15, 0.2) is 30.5 Å². The first-order chi connectivity index (χ1) is 9.40. The van der Waals surface area contributed by atoms with Gasteiger partial charge in [0.15, 0.2) is 0 Å². The number of alkyl halides is 3. The van der Waals surface area contributed by atoms with Gasteiger partial charge in [0.1, 0.15) is 5.82 Å². The van der Waals surface area contributed by atoms with Gasteiger partial charge in [0.2, 0.25) is 5.95 Å².